The first-order chi connectivity index (χ1) is 3.18. The molecule has 0 fully saturated rings. The molecule has 0 saturated heterocycles. The van der Waals surface area contributed by atoms with Crippen molar-refractivity contribution in [2.75, 3.05) is 0 Å². The Morgan fingerprint density at radius 2 is 2.29 bits per heavy atom. The van der Waals surface area contributed by atoms with Crippen molar-refractivity contribution in [1.29, 1.82) is 0 Å². The molecule has 0 atom stereocenters. The largest absolute Gasteiger partial charge is 0.0946 e. The van der Waals surface area contributed by atoms with Crippen LogP contribution in [0, 0.1) is 0 Å². The molecule has 0 bridgehead atoms. The second-order valence-electron chi connectivity index (χ2n) is 1.24. The zero-order chi connectivity index (χ0) is 5.86. The predicted molar refractivity (Wildman–Crippen MR) is 37.7 cm³/mol. The first kappa shape index (κ1) is 7.25. The van der Waals surface area contributed by atoms with E-state index < -0.39 is 0 Å². The Bertz CT molecular complexity index is 105. The van der Waals surface area contributed by atoms with Gasteiger partial charge in [-0.25, -0.2) is 0 Å². The average Bonchev–Trinajstić information content (AvgIpc) is 1.65. The molecule has 0 aliphatic rings. The highest BCUT2D eigenvalue weighted by Crippen LogP contribution is 2.12. The van der Waals surface area contributed by atoms with Gasteiger partial charge >= 0.3 is 0 Å². The maximum absolute atomic E-state index is 5.51. The van der Waals surface area contributed by atoms with Crippen molar-refractivity contribution in [1.82, 2.24) is 0 Å². The Balaban J connectivity index is 3.82. The van der Waals surface area contributed by atoms with Crippen LogP contribution in [-0.4, -0.2) is 0 Å². The Morgan fingerprint density at radius 3 is 2.29 bits per heavy atom. The van der Waals surface area contributed by atoms with E-state index in [1.165, 1.54) is 0 Å². The minimum absolute atomic E-state index is 0.667. The number of hydrogen-bond donors (Lipinski definition) is 0. The van der Waals surface area contributed by atoms with Crippen molar-refractivity contribution in [3.8, 4) is 0 Å². The Kier molecular flexibility index (Phi) is 3.39. The summed E-state index contributed by atoms with van der Waals surface area (Å²) in [6.07, 6.45) is 0. The Morgan fingerprint density at radius 1 is 1.86 bits per heavy atom. The molecule has 0 N–H and O–H groups in total. The smallest absolute Gasteiger partial charge is 0.0498 e. The third-order valence-electron chi connectivity index (χ3n) is 0.503. The van der Waals surface area contributed by atoms with Gasteiger partial charge in [-0.2, -0.15) is 0 Å². The summed E-state index contributed by atoms with van der Waals surface area (Å²) in [5, 5.41) is 0.667. The summed E-state index contributed by atoms with van der Waals surface area (Å²) in [5.41, 5.74) is 0.874. The lowest BCUT2D eigenvalue weighted by Gasteiger charge is -1.87. The van der Waals surface area contributed by atoms with Crippen LogP contribution >= 0.6 is 27.5 Å². The maximum atomic E-state index is 5.51. The monoisotopic (exact) mass is 180 g/mol. The van der Waals surface area contributed by atoms with Gasteiger partial charge in [0.2, 0.25) is 0 Å². The molecule has 40 valence electrons. The zero-order valence-corrected chi connectivity index (χ0v) is 6.38. The van der Waals surface area contributed by atoms with Gasteiger partial charge in [0.25, 0.3) is 0 Å². The van der Waals surface area contributed by atoms with Crippen molar-refractivity contribution in [3.05, 3.63) is 22.2 Å². The van der Waals surface area contributed by atoms with Gasteiger partial charge in [0.15, 0.2) is 0 Å². The topological polar surface area (TPSA) is 0 Å². The fourth-order valence-electron chi connectivity index (χ4n) is 0.0931. The van der Waals surface area contributed by atoms with E-state index in [4.69, 9.17) is 11.6 Å². The molecule has 0 amide bonds. The summed E-state index contributed by atoms with van der Waals surface area (Å²) < 4.78 is 0. The van der Waals surface area contributed by atoms with Crippen LogP contribution in [0.25, 0.3) is 0 Å². The van der Waals surface area contributed by atoms with Crippen LogP contribution in [0.4, 0.5) is 0 Å². The summed E-state index contributed by atoms with van der Waals surface area (Å²) in [7, 11) is 0. The van der Waals surface area contributed by atoms with Gasteiger partial charge < -0.3 is 0 Å². The van der Waals surface area contributed by atoms with Crippen molar-refractivity contribution in [3.63, 3.8) is 0 Å². The van der Waals surface area contributed by atoms with Gasteiger partial charge in [-0.3, -0.25) is 0 Å². The highest BCUT2D eigenvalue weighted by Gasteiger charge is 1.85. The van der Waals surface area contributed by atoms with Gasteiger partial charge in [-0.15, -0.1) is 0 Å². The molecule has 0 unspecified atom stereocenters. The van der Waals surface area contributed by atoms with Crippen molar-refractivity contribution >= 4 is 27.5 Å². The summed E-state index contributed by atoms with van der Waals surface area (Å²) in [4.78, 5) is 1.64. The fourth-order valence-corrected chi connectivity index (χ4v) is 0.484. The quantitative estimate of drug-likeness (QED) is 0.546. The second-order valence-corrected chi connectivity index (χ2v) is 2.10. The van der Waals surface area contributed by atoms with Gasteiger partial charge in [-0.1, -0.05) is 34.1 Å². The van der Waals surface area contributed by atoms with Crippen molar-refractivity contribution < 1.29 is 0 Å². The summed E-state index contributed by atoms with van der Waals surface area (Å²) in [5.74, 6) is 0. The minimum atomic E-state index is 0.667. The van der Waals surface area contributed by atoms with E-state index in [-0.39, 0.29) is 0 Å². The summed E-state index contributed by atoms with van der Waals surface area (Å²) in [6, 6.07) is 0. The molecule has 0 rings (SSSR count). The molecule has 0 spiro atoms. The first-order valence-corrected chi connectivity index (χ1v) is 3.09. The molecular weight excluding hydrogens is 175 g/mol. The molecule has 0 aromatic rings. The van der Waals surface area contributed by atoms with E-state index in [9.17, 15) is 0 Å². The Hall–Kier alpha value is 0.250. The lowest BCUT2D eigenvalue weighted by Crippen LogP contribution is -1.65. The molecule has 0 heterocycles. The number of rotatable bonds is 1. The van der Waals surface area contributed by atoms with Crippen LogP contribution in [0.1, 0.15) is 6.92 Å². The van der Waals surface area contributed by atoms with E-state index >= 15 is 0 Å². The van der Waals surface area contributed by atoms with Gasteiger partial charge in [-0.05, 0) is 12.5 Å². The normalized spacial score (nSPS) is 11.6. The van der Waals surface area contributed by atoms with Crippen LogP contribution < -0.4 is 0 Å². The van der Waals surface area contributed by atoms with Crippen LogP contribution in [0.3, 0.4) is 0 Å². The molecule has 0 aliphatic carbocycles. The number of allylic oxidation sites excluding steroid dienone is 2. The maximum Gasteiger partial charge on any atom is 0.0498 e. The van der Waals surface area contributed by atoms with Crippen LogP contribution in [0.15, 0.2) is 22.2 Å². The first-order valence-electron chi connectivity index (χ1n) is 1.80. The highest BCUT2D eigenvalue weighted by molar-refractivity contribution is 9.11. The molecule has 0 saturated carbocycles. The van der Waals surface area contributed by atoms with Crippen LogP contribution in [0.5, 0.6) is 0 Å². The average molecular weight is 181 g/mol. The van der Waals surface area contributed by atoms with E-state index in [1.54, 1.807) is 4.99 Å². The molecule has 0 nitrogen and oxygen atoms in total. The van der Waals surface area contributed by atoms with Gasteiger partial charge in [0.05, 0.1) is 0 Å². The van der Waals surface area contributed by atoms with E-state index in [0.717, 1.165) is 5.57 Å². The lowest BCUT2D eigenvalue weighted by molar-refractivity contribution is 1.54. The molecule has 0 aromatic carbocycles. The third kappa shape index (κ3) is 2.89. The van der Waals surface area contributed by atoms with Crippen LogP contribution in [-0.2, 0) is 0 Å². The molecule has 7 heavy (non-hydrogen) atoms. The standard InChI is InChI=1S/C5H6BrCl/c1-4(2)5(7)3-6/h3H,1H2,2H3/b5-3-. The summed E-state index contributed by atoms with van der Waals surface area (Å²) in [6.45, 7) is 5.44. The van der Waals surface area contributed by atoms with E-state index in [1.807, 2.05) is 6.92 Å². The molecule has 0 radical (unpaired) electrons. The van der Waals surface area contributed by atoms with Crippen molar-refractivity contribution in [2.45, 2.75) is 6.92 Å². The number of halogens is 2. The SMILES string of the molecule is C=C(C)/C(Cl)=C/Br. The van der Waals surface area contributed by atoms with E-state index in [0.29, 0.717) is 5.03 Å². The van der Waals surface area contributed by atoms with Gasteiger partial charge in [0, 0.05) is 10.0 Å². The molecule has 2 heteroatoms. The van der Waals surface area contributed by atoms with Crippen molar-refractivity contribution in [2.24, 2.45) is 0 Å². The zero-order valence-electron chi connectivity index (χ0n) is 4.04. The highest BCUT2D eigenvalue weighted by atomic mass is 79.9. The fraction of sp³-hybridized carbons (Fsp3) is 0.200. The molecular formula is C5H6BrCl. The Labute approximate surface area is 57.0 Å². The second kappa shape index (κ2) is 3.28. The minimum Gasteiger partial charge on any atom is -0.0946 e. The van der Waals surface area contributed by atoms with Gasteiger partial charge in [0.1, 0.15) is 0 Å². The number of hydrogen-bond acceptors (Lipinski definition) is 0. The molecule has 0 aliphatic heterocycles. The van der Waals surface area contributed by atoms with Crippen LogP contribution in [0.2, 0.25) is 0 Å². The lowest BCUT2D eigenvalue weighted by atomic mass is 10.4. The third-order valence-corrected chi connectivity index (χ3v) is 1.66. The molecule has 0 aromatic heterocycles. The van der Waals surface area contributed by atoms with E-state index in [2.05, 4.69) is 22.5 Å². The predicted octanol–water partition coefficient (Wildman–Crippen LogP) is 3.04. The summed E-state index contributed by atoms with van der Waals surface area (Å²) >= 11 is 8.58.